The van der Waals surface area contributed by atoms with Crippen molar-refractivity contribution in [1.82, 2.24) is 16.0 Å². The van der Waals surface area contributed by atoms with E-state index in [1.165, 1.54) is 0 Å². The molecule has 0 saturated carbocycles. The Morgan fingerprint density at radius 1 is 0.963 bits per heavy atom. The van der Waals surface area contributed by atoms with Crippen LogP contribution in [0.15, 0.2) is 0 Å². The summed E-state index contributed by atoms with van der Waals surface area (Å²) < 4.78 is 11.5. The van der Waals surface area contributed by atoms with Gasteiger partial charge in [-0.2, -0.15) is 0 Å². The molecule has 0 bridgehead atoms. The Kier molecular flexibility index (Phi) is 7.53. The highest BCUT2D eigenvalue weighted by atomic mass is 35.5. The Hall–Kier alpha value is -0.890. The topological polar surface area (TPSA) is 88.7 Å². The summed E-state index contributed by atoms with van der Waals surface area (Å²) in [4.78, 5) is 25.4. The fourth-order valence-electron chi connectivity index (χ4n) is 4.23. The van der Waals surface area contributed by atoms with Crippen LogP contribution in [-0.2, 0) is 19.1 Å². The highest BCUT2D eigenvalue weighted by Crippen LogP contribution is 2.31. The van der Waals surface area contributed by atoms with Crippen LogP contribution in [0.3, 0.4) is 0 Å². The van der Waals surface area contributed by atoms with Gasteiger partial charge in [-0.3, -0.25) is 9.59 Å². The van der Waals surface area contributed by atoms with Gasteiger partial charge in [0, 0.05) is 39.3 Å². The van der Waals surface area contributed by atoms with Crippen molar-refractivity contribution in [2.24, 2.45) is 5.41 Å². The molecule has 27 heavy (non-hydrogen) atoms. The number of amides is 2. The normalized spacial score (nSPS) is 35.6. The Morgan fingerprint density at radius 3 is 2.04 bits per heavy atom. The maximum absolute atomic E-state index is 12.9. The molecule has 3 atom stereocenters. The van der Waals surface area contributed by atoms with Gasteiger partial charge in [0.05, 0.1) is 16.6 Å². The number of ether oxygens (including phenoxy) is 2. The lowest BCUT2D eigenvalue weighted by atomic mass is 9.81. The van der Waals surface area contributed by atoms with E-state index in [-0.39, 0.29) is 41.8 Å². The standard InChI is InChI=1S/C19H33N3O4.ClH/c1-17(5-3-9-25-17)12-21-15(23)11-19(7-8-20-14-19)16(24)22-13-18(2)6-4-10-26-18;/h20H,3-14H2,1-2H3,(H,21,23)(H,22,24);1H. The Balaban J connectivity index is 0.00000261. The van der Waals surface area contributed by atoms with Gasteiger partial charge in [-0.1, -0.05) is 0 Å². The zero-order valence-electron chi connectivity index (χ0n) is 16.5. The predicted octanol–water partition coefficient (Wildman–Crippen LogP) is 1.15. The highest BCUT2D eigenvalue weighted by Gasteiger charge is 2.44. The molecule has 2 amide bonds. The van der Waals surface area contributed by atoms with Crippen LogP contribution in [0.2, 0.25) is 0 Å². The molecular weight excluding hydrogens is 370 g/mol. The molecule has 3 unspecified atom stereocenters. The van der Waals surface area contributed by atoms with Crippen molar-refractivity contribution in [2.75, 3.05) is 39.4 Å². The monoisotopic (exact) mass is 403 g/mol. The second-order valence-corrected chi connectivity index (χ2v) is 8.65. The second kappa shape index (κ2) is 9.07. The SMILES string of the molecule is CC1(CNC(=O)CC2(C(=O)NCC3(C)CCCO3)CCNC2)CCCO1.Cl. The van der Waals surface area contributed by atoms with E-state index in [9.17, 15) is 9.59 Å². The lowest BCUT2D eigenvalue weighted by molar-refractivity contribution is -0.136. The van der Waals surface area contributed by atoms with Crippen LogP contribution in [0.4, 0.5) is 0 Å². The lowest BCUT2D eigenvalue weighted by Gasteiger charge is -2.30. The number of hydrogen-bond acceptors (Lipinski definition) is 5. The third-order valence-corrected chi connectivity index (χ3v) is 6.11. The molecule has 3 aliphatic heterocycles. The van der Waals surface area contributed by atoms with E-state index >= 15 is 0 Å². The van der Waals surface area contributed by atoms with E-state index in [2.05, 4.69) is 16.0 Å². The molecule has 3 rings (SSSR count). The van der Waals surface area contributed by atoms with Crippen LogP contribution < -0.4 is 16.0 Å². The molecule has 0 aromatic carbocycles. The molecule has 0 aliphatic carbocycles. The number of halogens is 1. The van der Waals surface area contributed by atoms with Crippen molar-refractivity contribution >= 4 is 24.2 Å². The third kappa shape index (κ3) is 5.56. The maximum Gasteiger partial charge on any atom is 0.228 e. The molecule has 7 nitrogen and oxygen atoms in total. The minimum absolute atomic E-state index is 0. The summed E-state index contributed by atoms with van der Waals surface area (Å²) in [6.07, 6.45) is 4.86. The summed E-state index contributed by atoms with van der Waals surface area (Å²) in [5, 5.41) is 9.27. The van der Waals surface area contributed by atoms with Crippen molar-refractivity contribution in [3.63, 3.8) is 0 Å². The minimum Gasteiger partial charge on any atom is -0.373 e. The summed E-state index contributed by atoms with van der Waals surface area (Å²) in [6.45, 7) is 7.87. The van der Waals surface area contributed by atoms with Gasteiger partial charge in [0.15, 0.2) is 0 Å². The average Bonchev–Trinajstić information content (AvgIpc) is 3.34. The van der Waals surface area contributed by atoms with E-state index in [0.29, 0.717) is 26.1 Å². The van der Waals surface area contributed by atoms with Gasteiger partial charge < -0.3 is 25.4 Å². The fraction of sp³-hybridized carbons (Fsp3) is 0.895. The molecule has 0 aromatic heterocycles. The Morgan fingerprint density at radius 2 is 1.56 bits per heavy atom. The number of nitrogens with one attached hydrogen (secondary N) is 3. The van der Waals surface area contributed by atoms with E-state index < -0.39 is 5.41 Å². The third-order valence-electron chi connectivity index (χ3n) is 6.11. The second-order valence-electron chi connectivity index (χ2n) is 8.65. The van der Waals surface area contributed by atoms with Gasteiger partial charge in [-0.15, -0.1) is 12.4 Å². The molecular formula is C19H34ClN3O4. The van der Waals surface area contributed by atoms with Gasteiger partial charge in [0.2, 0.25) is 11.8 Å². The van der Waals surface area contributed by atoms with Gasteiger partial charge >= 0.3 is 0 Å². The van der Waals surface area contributed by atoms with Crippen LogP contribution in [0.1, 0.15) is 52.4 Å². The molecule has 3 saturated heterocycles. The summed E-state index contributed by atoms with van der Waals surface area (Å²) in [6, 6.07) is 0. The van der Waals surface area contributed by atoms with Crippen LogP contribution in [0.25, 0.3) is 0 Å². The van der Waals surface area contributed by atoms with Crippen LogP contribution in [-0.4, -0.2) is 62.4 Å². The fourth-order valence-corrected chi connectivity index (χ4v) is 4.23. The smallest absolute Gasteiger partial charge is 0.228 e. The van der Waals surface area contributed by atoms with Crippen molar-refractivity contribution in [3.8, 4) is 0 Å². The molecule has 3 fully saturated rings. The summed E-state index contributed by atoms with van der Waals surface area (Å²) >= 11 is 0. The zero-order chi connectivity index (χ0) is 18.7. The van der Waals surface area contributed by atoms with Gasteiger partial charge in [-0.05, 0) is 52.5 Å². The van der Waals surface area contributed by atoms with Gasteiger partial charge in [0.1, 0.15) is 0 Å². The molecule has 156 valence electrons. The molecule has 8 heteroatoms. The molecule has 0 aromatic rings. The first-order valence-corrected chi connectivity index (χ1v) is 9.89. The quantitative estimate of drug-likeness (QED) is 0.593. The Labute approximate surface area is 168 Å². The van der Waals surface area contributed by atoms with Gasteiger partial charge in [-0.25, -0.2) is 0 Å². The number of carbonyl (C=O) groups excluding carboxylic acids is 2. The van der Waals surface area contributed by atoms with Crippen molar-refractivity contribution in [1.29, 1.82) is 0 Å². The average molecular weight is 404 g/mol. The summed E-state index contributed by atoms with van der Waals surface area (Å²) in [5.74, 6) is -0.124. The first kappa shape index (κ1) is 22.4. The molecule has 3 N–H and O–H groups in total. The summed E-state index contributed by atoms with van der Waals surface area (Å²) in [7, 11) is 0. The molecule has 0 spiro atoms. The van der Waals surface area contributed by atoms with Crippen LogP contribution >= 0.6 is 12.4 Å². The first-order valence-electron chi connectivity index (χ1n) is 9.89. The van der Waals surface area contributed by atoms with E-state index in [4.69, 9.17) is 9.47 Å². The zero-order valence-corrected chi connectivity index (χ0v) is 17.3. The van der Waals surface area contributed by atoms with Crippen LogP contribution in [0, 0.1) is 5.41 Å². The number of hydrogen-bond donors (Lipinski definition) is 3. The lowest BCUT2D eigenvalue weighted by Crippen LogP contribution is -2.50. The van der Waals surface area contributed by atoms with E-state index in [0.717, 1.165) is 45.4 Å². The number of rotatable bonds is 7. The molecule has 3 aliphatic rings. The first-order chi connectivity index (χ1) is 12.4. The highest BCUT2D eigenvalue weighted by molar-refractivity contribution is 5.89. The largest absolute Gasteiger partial charge is 0.373 e. The maximum atomic E-state index is 12.9. The predicted molar refractivity (Wildman–Crippen MR) is 105 cm³/mol. The van der Waals surface area contributed by atoms with E-state index in [1.54, 1.807) is 0 Å². The number of carbonyl (C=O) groups is 2. The summed E-state index contributed by atoms with van der Waals surface area (Å²) in [5.41, 5.74) is -1.22. The van der Waals surface area contributed by atoms with Crippen molar-refractivity contribution < 1.29 is 19.1 Å². The van der Waals surface area contributed by atoms with E-state index in [1.807, 2.05) is 13.8 Å². The van der Waals surface area contributed by atoms with Gasteiger partial charge in [0.25, 0.3) is 0 Å². The van der Waals surface area contributed by atoms with Crippen molar-refractivity contribution in [2.45, 2.75) is 63.6 Å². The minimum atomic E-state index is -0.670. The van der Waals surface area contributed by atoms with Crippen molar-refractivity contribution in [3.05, 3.63) is 0 Å². The molecule has 0 radical (unpaired) electrons. The molecule has 3 heterocycles. The van der Waals surface area contributed by atoms with Crippen LogP contribution in [0.5, 0.6) is 0 Å². The Bertz CT molecular complexity index is 525.